The number of sulfonamides is 1. The van der Waals surface area contributed by atoms with Gasteiger partial charge in [-0.2, -0.15) is 0 Å². The third-order valence-corrected chi connectivity index (χ3v) is 4.04. The molecule has 7 nitrogen and oxygen atoms in total. The Morgan fingerprint density at radius 2 is 1.59 bits per heavy atom. The maximum Gasteiger partial charge on any atom is 0.248 e. The van der Waals surface area contributed by atoms with E-state index in [1.165, 1.54) is 24.3 Å². The van der Waals surface area contributed by atoms with Crippen LogP contribution in [-0.4, -0.2) is 20.2 Å². The molecule has 2 aromatic rings. The number of carbonyl (C=O) groups is 1. The normalized spacial score (nSPS) is 11.1. The number of nitrogens with two attached hydrogens (primary N) is 3. The molecule has 0 saturated carbocycles. The summed E-state index contributed by atoms with van der Waals surface area (Å²) in [5.74, 6) is -0.991. The first-order valence-electron chi connectivity index (χ1n) is 6.12. The number of hydrogen-bond donors (Lipinski definition) is 4. The van der Waals surface area contributed by atoms with Gasteiger partial charge in [0, 0.05) is 11.1 Å². The third kappa shape index (κ3) is 2.97. The highest BCUT2D eigenvalue weighted by atomic mass is 32.2. The molecule has 0 heterocycles. The summed E-state index contributed by atoms with van der Waals surface area (Å²) in [6.07, 6.45) is 0. The average Bonchev–Trinajstić information content (AvgIpc) is 2.45. The molecule has 0 fully saturated rings. The lowest BCUT2D eigenvalue weighted by Crippen LogP contribution is -2.21. The van der Waals surface area contributed by atoms with E-state index in [9.17, 15) is 13.2 Å². The minimum absolute atomic E-state index is 0.0248. The fourth-order valence-corrected chi connectivity index (χ4v) is 2.87. The van der Waals surface area contributed by atoms with Crippen LogP contribution < -0.4 is 16.6 Å². The third-order valence-electron chi connectivity index (χ3n) is 3.08. The molecule has 8 heteroatoms. The van der Waals surface area contributed by atoms with Crippen LogP contribution in [0.3, 0.4) is 0 Å². The Morgan fingerprint density at radius 3 is 2.05 bits per heavy atom. The number of nitrogen functional groups attached to an aromatic ring is 1. The fraction of sp³-hybridized carbons (Fsp3) is 0. The van der Waals surface area contributed by atoms with Crippen LogP contribution in [0.15, 0.2) is 47.4 Å². The first-order valence-corrected chi connectivity index (χ1v) is 7.67. The zero-order valence-electron chi connectivity index (χ0n) is 11.4. The number of primary amides is 1. The summed E-state index contributed by atoms with van der Waals surface area (Å²) < 4.78 is 23.3. The summed E-state index contributed by atoms with van der Waals surface area (Å²) in [6, 6.07) is 10.6. The Labute approximate surface area is 127 Å². The lowest BCUT2D eigenvalue weighted by atomic mass is 9.98. The van der Waals surface area contributed by atoms with Gasteiger partial charge in [0.1, 0.15) is 5.84 Å². The summed E-state index contributed by atoms with van der Waals surface area (Å²) in [7, 11) is -4.03. The number of nitrogens with one attached hydrogen (secondary N) is 1. The van der Waals surface area contributed by atoms with Crippen molar-refractivity contribution in [2.75, 3.05) is 0 Å². The van der Waals surface area contributed by atoms with Crippen LogP contribution in [0.2, 0.25) is 0 Å². The molecule has 0 aromatic heterocycles. The Balaban J connectivity index is 2.70. The van der Waals surface area contributed by atoms with Gasteiger partial charge < -0.3 is 11.5 Å². The van der Waals surface area contributed by atoms with Gasteiger partial charge >= 0.3 is 0 Å². The number of benzene rings is 2. The second-order valence-corrected chi connectivity index (χ2v) is 6.11. The molecule has 2 aromatic carbocycles. The Bertz CT molecular complexity index is 858. The lowest BCUT2D eigenvalue weighted by Gasteiger charge is -2.13. The number of amides is 1. The highest BCUT2D eigenvalue weighted by Crippen LogP contribution is 2.28. The summed E-state index contributed by atoms with van der Waals surface area (Å²) in [4.78, 5) is 10.9. The van der Waals surface area contributed by atoms with E-state index >= 15 is 0 Å². The highest BCUT2D eigenvalue weighted by molar-refractivity contribution is 7.89. The molecule has 0 radical (unpaired) electrons. The molecule has 1 amide bonds. The first-order chi connectivity index (χ1) is 10.2. The Morgan fingerprint density at radius 1 is 1.00 bits per heavy atom. The Hall–Kier alpha value is -2.71. The maximum absolute atomic E-state index is 11.6. The highest BCUT2D eigenvalue weighted by Gasteiger charge is 2.20. The molecule has 7 N–H and O–H groups in total. The van der Waals surface area contributed by atoms with E-state index in [4.69, 9.17) is 22.0 Å². The summed E-state index contributed by atoms with van der Waals surface area (Å²) in [5, 5.41) is 12.8. The van der Waals surface area contributed by atoms with Crippen LogP contribution in [0.25, 0.3) is 11.1 Å². The topological polar surface area (TPSA) is 153 Å². The van der Waals surface area contributed by atoms with E-state index in [1.54, 1.807) is 18.2 Å². The molecule has 22 heavy (non-hydrogen) atoms. The molecule has 0 aliphatic carbocycles. The second kappa shape index (κ2) is 5.58. The van der Waals surface area contributed by atoms with Gasteiger partial charge in [0.25, 0.3) is 0 Å². The predicted molar refractivity (Wildman–Crippen MR) is 82.8 cm³/mol. The summed E-state index contributed by atoms with van der Waals surface area (Å²) in [6.45, 7) is 0. The number of amidine groups is 1. The lowest BCUT2D eigenvalue weighted by molar-refractivity contribution is 0.100. The average molecular weight is 318 g/mol. The molecule has 0 unspecified atom stereocenters. The van der Waals surface area contributed by atoms with Gasteiger partial charge in [-0.1, -0.05) is 24.3 Å². The van der Waals surface area contributed by atoms with Crippen molar-refractivity contribution >= 4 is 21.8 Å². The SMILES string of the molecule is N=C(N)c1c(-c2ccc(C(N)=O)cc2)cccc1S(N)(=O)=O. The summed E-state index contributed by atoms with van der Waals surface area (Å²) >= 11 is 0. The largest absolute Gasteiger partial charge is 0.384 e. The molecular weight excluding hydrogens is 304 g/mol. The zero-order valence-corrected chi connectivity index (χ0v) is 12.2. The molecule has 0 aliphatic heterocycles. The van der Waals surface area contributed by atoms with Crippen LogP contribution in [0.4, 0.5) is 0 Å². The number of carbonyl (C=O) groups excluding carboxylic acids is 1. The maximum atomic E-state index is 11.6. The van der Waals surface area contributed by atoms with Crippen LogP contribution >= 0.6 is 0 Å². The van der Waals surface area contributed by atoms with E-state index in [0.29, 0.717) is 16.7 Å². The van der Waals surface area contributed by atoms with Gasteiger partial charge in [-0.15, -0.1) is 0 Å². The van der Waals surface area contributed by atoms with Crippen LogP contribution in [0.1, 0.15) is 15.9 Å². The molecule has 0 spiro atoms. The van der Waals surface area contributed by atoms with Crippen molar-refractivity contribution in [1.82, 2.24) is 0 Å². The zero-order chi connectivity index (χ0) is 16.5. The molecule has 0 bridgehead atoms. The van der Waals surface area contributed by atoms with Crippen LogP contribution in [-0.2, 0) is 10.0 Å². The van der Waals surface area contributed by atoms with E-state index in [2.05, 4.69) is 0 Å². The van der Waals surface area contributed by atoms with Crippen molar-refractivity contribution in [3.05, 3.63) is 53.6 Å². The molecule has 114 valence electrons. The first kappa shape index (κ1) is 15.7. The van der Waals surface area contributed by atoms with Gasteiger partial charge in [0.2, 0.25) is 15.9 Å². The smallest absolute Gasteiger partial charge is 0.248 e. The molecule has 2 rings (SSSR count). The van der Waals surface area contributed by atoms with Crippen molar-refractivity contribution in [1.29, 1.82) is 5.41 Å². The molecule has 0 atom stereocenters. The van der Waals surface area contributed by atoms with Crippen LogP contribution in [0.5, 0.6) is 0 Å². The van der Waals surface area contributed by atoms with E-state index < -0.39 is 21.8 Å². The van der Waals surface area contributed by atoms with Gasteiger partial charge in [0.05, 0.1) is 4.90 Å². The minimum atomic E-state index is -4.03. The van der Waals surface area contributed by atoms with Crippen molar-refractivity contribution in [2.24, 2.45) is 16.6 Å². The second-order valence-electron chi connectivity index (χ2n) is 4.58. The van der Waals surface area contributed by atoms with Gasteiger partial charge in [-0.3, -0.25) is 10.2 Å². The van der Waals surface area contributed by atoms with Gasteiger partial charge in [-0.05, 0) is 29.3 Å². The van der Waals surface area contributed by atoms with Crippen molar-refractivity contribution in [2.45, 2.75) is 4.90 Å². The molecular formula is C14H14N4O3S. The number of rotatable bonds is 4. The standard InChI is InChI=1S/C14H14N4O3S/c15-13(16)12-10(2-1-3-11(12)22(18,20)21)8-4-6-9(7-5-8)14(17)19/h1-7H,(H3,15,16)(H2,17,19)(H2,18,20,21). The predicted octanol–water partition coefficient (Wildman–Crippen LogP) is 0.384. The van der Waals surface area contributed by atoms with E-state index in [0.717, 1.165) is 0 Å². The molecule has 0 aliphatic rings. The number of primary sulfonamides is 1. The summed E-state index contributed by atoms with van der Waals surface area (Å²) in [5.41, 5.74) is 12.0. The number of hydrogen-bond acceptors (Lipinski definition) is 4. The van der Waals surface area contributed by atoms with Crippen molar-refractivity contribution in [3.8, 4) is 11.1 Å². The van der Waals surface area contributed by atoms with E-state index in [-0.39, 0.29) is 10.5 Å². The Kier molecular flexibility index (Phi) is 3.98. The monoisotopic (exact) mass is 318 g/mol. The quantitative estimate of drug-likeness (QED) is 0.475. The van der Waals surface area contributed by atoms with Gasteiger partial charge in [0.15, 0.2) is 0 Å². The van der Waals surface area contributed by atoms with E-state index in [1.807, 2.05) is 0 Å². The molecule has 0 saturated heterocycles. The van der Waals surface area contributed by atoms with Crippen molar-refractivity contribution in [3.63, 3.8) is 0 Å². The van der Waals surface area contributed by atoms with Crippen molar-refractivity contribution < 1.29 is 13.2 Å². The van der Waals surface area contributed by atoms with Gasteiger partial charge in [-0.25, -0.2) is 13.6 Å². The minimum Gasteiger partial charge on any atom is -0.384 e. The van der Waals surface area contributed by atoms with Crippen LogP contribution in [0, 0.1) is 5.41 Å². The fourth-order valence-electron chi connectivity index (χ4n) is 2.10.